The van der Waals surface area contributed by atoms with Gasteiger partial charge in [-0.05, 0) is 37.2 Å². The van der Waals surface area contributed by atoms with Gasteiger partial charge in [-0.2, -0.15) is 0 Å². The van der Waals surface area contributed by atoms with Crippen LogP contribution < -0.4 is 9.47 Å². The third kappa shape index (κ3) is 3.02. The Balaban J connectivity index is 1.35. The molecule has 132 valence electrons. The van der Waals surface area contributed by atoms with Gasteiger partial charge in [0.2, 0.25) is 0 Å². The average Bonchev–Trinajstić information content (AvgIpc) is 3.25. The number of methoxy groups -OCH3 is 2. The van der Waals surface area contributed by atoms with E-state index in [0.29, 0.717) is 0 Å². The highest BCUT2D eigenvalue weighted by Crippen LogP contribution is 2.46. The summed E-state index contributed by atoms with van der Waals surface area (Å²) in [4.78, 5) is 5.34. The van der Waals surface area contributed by atoms with E-state index in [1.807, 2.05) is 6.07 Å². The topological polar surface area (TPSA) is 24.9 Å². The molecule has 0 N–H and O–H groups in total. The minimum atomic E-state index is 0.829. The van der Waals surface area contributed by atoms with Gasteiger partial charge in [0.25, 0.3) is 0 Å². The lowest BCUT2D eigenvalue weighted by atomic mass is 9.93. The summed E-state index contributed by atoms with van der Waals surface area (Å²) in [5.41, 5.74) is 1.23. The van der Waals surface area contributed by atoms with Gasteiger partial charge in [0, 0.05) is 44.3 Å². The van der Waals surface area contributed by atoms with E-state index in [-0.39, 0.29) is 0 Å². The number of rotatable bonds is 5. The summed E-state index contributed by atoms with van der Waals surface area (Å²) in [6.45, 7) is 5.72. The van der Waals surface area contributed by atoms with Crippen molar-refractivity contribution in [3.8, 4) is 11.5 Å². The van der Waals surface area contributed by atoms with Crippen LogP contribution in [0.5, 0.6) is 11.5 Å². The molecule has 0 spiro atoms. The molecule has 0 amide bonds. The molecule has 1 aromatic carbocycles. The monoisotopic (exact) mass is 330 g/mol. The van der Waals surface area contributed by atoms with Crippen LogP contribution in [0.2, 0.25) is 0 Å². The van der Waals surface area contributed by atoms with Gasteiger partial charge in [0.15, 0.2) is 11.5 Å². The summed E-state index contributed by atoms with van der Waals surface area (Å²) in [6.07, 6.45) is 5.95. The number of piperazine rings is 1. The van der Waals surface area contributed by atoms with E-state index in [0.717, 1.165) is 49.0 Å². The number of fused-ring (bicyclic) bond motifs is 2. The molecule has 2 bridgehead atoms. The Bertz CT molecular complexity index is 569. The van der Waals surface area contributed by atoms with Crippen molar-refractivity contribution in [2.75, 3.05) is 40.4 Å². The van der Waals surface area contributed by atoms with Crippen molar-refractivity contribution >= 4 is 0 Å². The first-order valence-corrected chi connectivity index (χ1v) is 9.44. The molecule has 2 saturated carbocycles. The van der Waals surface area contributed by atoms with Gasteiger partial charge in [-0.15, -0.1) is 0 Å². The largest absolute Gasteiger partial charge is 0.493 e. The van der Waals surface area contributed by atoms with Crippen LogP contribution in [0.25, 0.3) is 0 Å². The molecule has 4 heteroatoms. The minimum Gasteiger partial charge on any atom is -0.493 e. The summed E-state index contributed by atoms with van der Waals surface area (Å²) in [7, 11) is 3.43. The fourth-order valence-electron chi connectivity index (χ4n) is 5.23. The van der Waals surface area contributed by atoms with Crippen molar-refractivity contribution in [2.24, 2.45) is 11.8 Å². The fourth-order valence-corrected chi connectivity index (χ4v) is 5.23. The highest BCUT2D eigenvalue weighted by Gasteiger charge is 2.42. The predicted molar refractivity (Wildman–Crippen MR) is 95.6 cm³/mol. The van der Waals surface area contributed by atoms with Crippen molar-refractivity contribution < 1.29 is 9.47 Å². The molecule has 1 heterocycles. The number of hydrogen-bond acceptors (Lipinski definition) is 4. The molecule has 0 radical (unpaired) electrons. The van der Waals surface area contributed by atoms with E-state index in [2.05, 4.69) is 21.9 Å². The van der Waals surface area contributed by atoms with Crippen molar-refractivity contribution in [3.63, 3.8) is 0 Å². The Kier molecular flexibility index (Phi) is 4.68. The first-order valence-electron chi connectivity index (χ1n) is 9.44. The minimum absolute atomic E-state index is 0.829. The van der Waals surface area contributed by atoms with Gasteiger partial charge >= 0.3 is 0 Å². The number of benzene rings is 1. The molecule has 1 aliphatic heterocycles. The van der Waals surface area contributed by atoms with Gasteiger partial charge in [-0.3, -0.25) is 9.80 Å². The highest BCUT2D eigenvalue weighted by molar-refractivity contribution is 5.46. The zero-order chi connectivity index (χ0) is 16.5. The van der Waals surface area contributed by atoms with Crippen LogP contribution in [0.3, 0.4) is 0 Å². The molecular formula is C20H30N2O2. The maximum absolute atomic E-state index is 5.58. The quantitative estimate of drug-likeness (QED) is 0.828. The van der Waals surface area contributed by atoms with Crippen LogP contribution in [0.1, 0.15) is 31.2 Å². The fraction of sp³-hybridized carbons (Fsp3) is 0.700. The van der Waals surface area contributed by atoms with Crippen molar-refractivity contribution in [3.05, 3.63) is 23.8 Å². The van der Waals surface area contributed by atoms with Crippen molar-refractivity contribution in [1.29, 1.82) is 0 Å². The molecule has 3 aliphatic rings. The predicted octanol–water partition coefficient (Wildman–Crippen LogP) is 3.01. The number of nitrogens with zero attached hydrogens (tertiary/aromatic N) is 2. The zero-order valence-corrected chi connectivity index (χ0v) is 15.0. The van der Waals surface area contributed by atoms with E-state index in [4.69, 9.17) is 9.47 Å². The first-order chi connectivity index (χ1) is 11.8. The van der Waals surface area contributed by atoms with E-state index in [1.165, 1.54) is 44.3 Å². The Labute approximate surface area is 145 Å². The first kappa shape index (κ1) is 16.2. The van der Waals surface area contributed by atoms with Crippen LogP contribution in [0, 0.1) is 11.8 Å². The van der Waals surface area contributed by atoms with Crippen LogP contribution >= 0.6 is 0 Å². The second-order valence-electron chi connectivity index (χ2n) is 7.71. The van der Waals surface area contributed by atoms with E-state index in [9.17, 15) is 0 Å². The summed E-state index contributed by atoms with van der Waals surface area (Å²) in [5.74, 6) is 3.75. The third-order valence-corrected chi connectivity index (χ3v) is 6.46. The van der Waals surface area contributed by atoms with Crippen LogP contribution in [-0.4, -0.2) is 56.2 Å². The normalized spacial score (nSPS) is 30.7. The lowest BCUT2D eigenvalue weighted by Crippen LogP contribution is -2.51. The summed E-state index contributed by atoms with van der Waals surface area (Å²) >= 11 is 0. The maximum Gasteiger partial charge on any atom is 0.165 e. The van der Waals surface area contributed by atoms with Crippen LogP contribution in [-0.2, 0) is 6.54 Å². The van der Waals surface area contributed by atoms with Gasteiger partial charge in [-0.1, -0.05) is 18.6 Å². The van der Waals surface area contributed by atoms with Crippen molar-refractivity contribution in [1.82, 2.24) is 9.80 Å². The Hall–Kier alpha value is -1.26. The summed E-state index contributed by atoms with van der Waals surface area (Å²) in [5, 5.41) is 0. The lowest BCUT2D eigenvalue weighted by molar-refractivity contribution is 0.0676. The van der Waals surface area contributed by atoms with Crippen LogP contribution in [0.4, 0.5) is 0 Å². The molecular weight excluding hydrogens is 300 g/mol. The standard InChI is InChI=1S/C20H30N2O2/c1-23-19-5-3-4-17(20(19)24-2)14-21-8-10-22(11-9-21)18-13-15-6-7-16(18)12-15/h3-5,15-16,18H,6-14H2,1-2H3/t15-,16-,18+/m0/s1. The molecule has 2 aliphatic carbocycles. The average molecular weight is 330 g/mol. The second kappa shape index (κ2) is 6.93. The Morgan fingerprint density at radius 3 is 2.46 bits per heavy atom. The zero-order valence-electron chi connectivity index (χ0n) is 15.0. The van der Waals surface area contributed by atoms with Gasteiger partial charge in [-0.25, -0.2) is 0 Å². The lowest BCUT2D eigenvalue weighted by Gasteiger charge is -2.41. The maximum atomic E-state index is 5.58. The molecule has 0 unspecified atom stereocenters. The molecule has 3 fully saturated rings. The molecule has 4 rings (SSSR count). The van der Waals surface area contributed by atoms with Gasteiger partial charge in [0.1, 0.15) is 0 Å². The Morgan fingerprint density at radius 2 is 1.83 bits per heavy atom. The van der Waals surface area contributed by atoms with E-state index < -0.39 is 0 Å². The molecule has 24 heavy (non-hydrogen) atoms. The molecule has 0 aromatic heterocycles. The Morgan fingerprint density at radius 1 is 1.00 bits per heavy atom. The SMILES string of the molecule is COc1cccc(CN2CCN([C@@H]3C[C@H]4CC[C@H]3C4)CC2)c1OC. The summed E-state index contributed by atoms with van der Waals surface area (Å²) in [6, 6.07) is 7.07. The molecule has 1 aromatic rings. The number of hydrogen-bond donors (Lipinski definition) is 0. The van der Waals surface area contributed by atoms with E-state index >= 15 is 0 Å². The smallest absolute Gasteiger partial charge is 0.165 e. The number of ether oxygens (including phenoxy) is 2. The van der Waals surface area contributed by atoms with Crippen molar-refractivity contribution in [2.45, 2.75) is 38.3 Å². The third-order valence-electron chi connectivity index (χ3n) is 6.46. The second-order valence-corrected chi connectivity index (χ2v) is 7.71. The highest BCUT2D eigenvalue weighted by atomic mass is 16.5. The molecule has 1 saturated heterocycles. The van der Waals surface area contributed by atoms with Gasteiger partial charge in [0.05, 0.1) is 14.2 Å². The van der Waals surface area contributed by atoms with Gasteiger partial charge < -0.3 is 9.47 Å². The van der Waals surface area contributed by atoms with E-state index in [1.54, 1.807) is 14.2 Å². The molecule has 3 atom stereocenters. The summed E-state index contributed by atoms with van der Waals surface area (Å²) < 4.78 is 11.0. The van der Waals surface area contributed by atoms with Crippen LogP contribution in [0.15, 0.2) is 18.2 Å². The molecule has 4 nitrogen and oxygen atoms in total. The number of para-hydroxylation sites is 1.